The highest BCUT2D eigenvalue weighted by atomic mass is 35.5. The van der Waals surface area contributed by atoms with Crippen LogP contribution in [0.1, 0.15) is 57.0 Å². The van der Waals surface area contributed by atoms with Gasteiger partial charge in [-0.25, -0.2) is 14.4 Å². The minimum Gasteiger partial charge on any atom is -0.476 e. The maximum Gasteiger partial charge on any atom is 0.412 e. The Morgan fingerprint density at radius 1 is 0.857 bits per heavy atom. The summed E-state index contributed by atoms with van der Waals surface area (Å²) >= 11 is 5.85. The number of nitrogens with one attached hydrogen (secondary N) is 2. The fourth-order valence-corrected chi connectivity index (χ4v) is 3.54. The predicted molar refractivity (Wildman–Crippen MR) is 158 cm³/mol. The molecule has 0 aliphatic rings. The number of hydrogen-bond acceptors (Lipinski definition) is 8. The number of halogens is 1. The summed E-state index contributed by atoms with van der Waals surface area (Å²) in [7, 11) is 1.53. The molecular weight excluding hydrogens is 566 g/mol. The Kier molecular flexibility index (Phi) is 12.9. The van der Waals surface area contributed by atoms with E-state index in [1.165, 1.54) is 11.9 Å². The molecule has 2 aromatic rings. The number of nitrogens with zero attached hydrogens (tertiary/aromatic N) is 1. The van der Waals surface area contributed by atoms with Crippen molar-refractivity contribution < 1.29 is 38.1 Å². The van der Waals surface area contributed by atoms with Crippen molar-refractivity contribution >= 4 is 35.7 Å². The van der Waals surface area contributed by atoms with Crippen LogP contribution < -0.4 is 15.4 Å². The lowest BCUT2D eigenvalue weighted by Gasteiger charge is -2.24. The molecule has 0 aliphatic carbocycles. The molecule has 0 heterocycles. The van der Waals surface area contributed by atoms with Gasteiger partial charge in [-0.05, 0) is 89.4 Å². The molecule has 3 amide bonds. The van der Waals surface area contributed by atoms with Crippen LogP contribution in [0.2, 0.25) is 5.02 Å². The highest BCUT2D eigenvalue weighted by Crippen LogP contribution is 2.20. The van der Waals surface area contributed by atoms with E-state index in [9.17, 15) is 19.2 Å². The second-order valence-corrected chi connectivity index (χ2v) is 11.4. The Morgan fingerprint density at radius 3 is 2.12 bits per heavy atom. The second-order valence-electron chi connectivity index (χ2n) is 10.9. The average Bonchev–Trinajstić information content (AvgIpc) is 2.91. The largest absolute Gasteiger partial charge is 0.476 e. The lowest BCUT2D eigenvalue weighted by molar-refractivity contribution is -0.168. The molecule has 2 N–H and O–H groups in total. The maximum atomic E-state index is 12.6. The van der Waals surface area contributed by atoms with Crippen LogP contribution in [-0.2, 0) is 25.4 Å². The quantitative estimate of drug-likeness (QED) is 0.186. The van der Waals surface area contributed by atoms with E-state index in [0.29, 0.717) is 48.8 Å². The van der Waals surface area contributed by atoms with Crippen molar-refractivity contribution in [3.63, 3.8) is 0 Å². The minimum absolute atomic E-state index is 0.184. The van der Waals surface area contributed by atoms with E-state index in [0.717, 1.165) is 5.56 Å². The van der Waals surface area contributed by atoms with Crippen LogP contribution >= 0.6 is 11.6 Å². The van der Waals surface area contributed by atoms with E-state index >= 15 is 0 Å². The molecule has 2 aromatic carbocycles. The molecule has 230 valence electrons. The number of benzene rings is 2. The summed E-state index contributed by atoms with van der Waals surface area (Å²) in [6, 6.07) is 13.8. The zero-order chi connectivity index (χ0) is 31.3. The van der Waals surface area contributed by atoms with Gasteiger partial charge in [-0.15, -0.1) is 0 Å². The van der Waals surface area contributed by atoms with Crippen molar-refractivity contribution in [3.05, 3.63) is 64.7 Å². The third-order valence-corrected chi connectivity index (χ3v) is 5.87. The highest BCUT2D eigenvalue weighted by Gasteiger charge is 2.32. The molecule has 0 saturated heterocycles. The molecular formula is C30H40ClN3O8. The van der Waals surface area contributed by atoms with Crippen LogP contribution in [-0.4, -0.2) is 73.6 Å². The van der Waals surface area contributed by atoms with E-state index < -0.39 is 36.2 Å². The number of rotatable bonds is 13. The van der Waals surface area contributed by atoms with Gasteiger partial charge in [0.2, 0.25) is 6.79 Å². The fraction of sp³-hybridized carbons (Fsp3) is 0.467. The maximum absolute atomic E-state index is 12.6. The summed E-state index contributed by atoms with van der Waals surface area (Å²) in [6.45, 7) is 8.88. The summed E-state index contributed by atoms with van der Waals surface area (Å²) in [5, 5.41) is 6.03. The van der Waals surface area contributed by atoms with E-state index in [2.05, 4.69) is 10.6 Å². The van der Waals surface area contributed by atoms with Crippen molar-refractivity contribution in [2.24, 2.45) is 0 Å². The summed E-state index contributed by atoms with van der Waals surface area (Å²) < 4.78 is 21.0. The molecule has 0 saturated carbocycles. The van der Waals surface area contributed by atoms with Gasteiger partial charge in [0, 0.05) is 37.3 Å². The Hall–Kier alpha value is -3.99. The Bertz CT molecular complexity index is 1190. The van der Waals surface area contributed by atoms with Crippen molar-refractivity contribution in [2.75, 3.05) is 33.5 Å². The van der Waals surface area contributed by atoms with Gasteiger partial charge in [0.05, 0.1) is 0 Å². The zero-order valence-corrected chi connectivity index (χ0v) is 25.7. The van der Waals surface area contributed by atoms with Crippen LogP contribution in [0.25, 0.3) is 0 Å². The fourth-order valence-electron chi connectivity index (χ4n) is 3.41. The first-order valence-electron chi connectivity index (χ1n) is 13.5. The monoisotopic (exact) mass is 605 g/mol. The van der Waals surface area contributed by atoms with Gasteiger partial charge in [0.1, 0.15) is 11.4 Å². The Labute approximate surface area is 251 Å². The van der Waals surface area contributed by atoms with Gasteiger partial charge < -0.3 is 34.5 Å². The molecule has 0 atom stereocenters. The number of carbonyl (C=O) groups is 4. The first-order valence-corrected chi connectivity index (χ1v) is 13.9. The van der Waals surface area contributed by atoms with E-state index in [4.69, 9.17) is 30.5 Å². The number of esters is 1. The highest BCUT2D eigenvalue weighted by molar-refractivity contribution is 6.30. The van der Waals surface area contributed by atoms with Gasteiger partial charge in [-0.2, -0.15) is 0 Å². The predicted octanol–water partition coefficient (Wildman–Crippen LogP) is 4.95. The SMILES string of the molecule is CN(CCCNC(=O)OC(C)(C)C)C(=O)OCOC(=O)C(C)(C)Oc1ccc(CCNC(=O)c2ccc(Cl)cc2)cc1. The standard InChI is InChI=1S/C30H40ClN3O8/c1-29(2,3)42-27(37)33-17-7-19-34(6)28(38)40-20-39-26(36)30(4,5)41-24-14-8-21(9-15-24)16-18-32-25(35)22-10-12-23(31)13-11-22/h8-15H,7,16-20H2,1-6H3,(H,32,35)(H,33,37). The number of ether oxygens (including phenoxy) is 4. The smallest absolute Gasteiger partial charge is 0.412 e. The molecule has 42 heavy (non-hydrogen) atoms. The van der Waals surface area contributed by atoms with Crippen LogP contribution in [0.5, 0.6) is 5.75 Å². The molecule has 2 rings (SSSR count). The average molecular weight is 606 g/mol. The van der Waals surface area contributed by atoms with Crippen molar-refractivity contribution in [2.45, 2.75) is 58.7 Å². The second kappa shape index (κ2) is 15.9. The number of carbonyl (C=O) groups excluding carboxylic acids is 4. The van der Waals surface area contributed by atoms with Gasteiger partial charge in [0.15, 0.2) is 5.60 Å². The normalized spacial score (nSPS) is 11.2. The Morgan fingerprint density at radius 2 is 1.50 bits per heavy atom. The topological polar surface area (TPSA) is 133 Å². The van der Waals surface area contributed by atoms with E-state index in [-0.39, 0.29) is 5.91 Å². The molecule has 0 spiro atoms. The lowest BCUT2D eigenvalue weighted by atomic mass is 10.1. The first-order chi connectivity index (χ1) is 19.7. The van der Waals surface area contributed by atoms with Crippen LogP contribution in [0.4, 0.5) is 9.59 Å². The molecule has 12 heteroatoms. The summed E-state index contributed by atoms with van der Waals surface area (Å²) in [5.41, 5.74) is -0.438. The summed E-state index contributed by atoms with van der Waals surface area (Å²) in [5.74, 6) is -0.451. The molecule has 0 aromatic heterocycles. The molecule has 0 fully saturated rings. The third-order valence-electron chi connectivity index (χ3n) is 5.62. The van der Waals surface area contributed by atoms with E-state index in [1.807, 2.05) is 12.1 Å². The van der Waals surface area contributed by atoms with Crippen molar-refractivity contribution in [3.8, 4) is 5.75 Å². The molecule has 11 nitrogen and oxygen atoms in total. The van der Waals surface area contributed by atoms with Crippen LogP contribution in [0.3, 0.4) is 0 Å². The number of amides is 3. The van der Waals surface area contributed by atoms with Crippen molar-refractivity contribution in [1.29, 1.82) is 0 Å². The van der Waals surface area contributed by atoms with Gasteiger partial charge in [0.25, 0.3) is 5.91 Å². The molecule has 0 bridgehead atoms. The number of alkyl carbamates (subject to hydrolysis) is 1. The Balaban J connectivity index is 1.68. The van der Waals surface area contributed by atoms with E-state index in [1.54, 1.807) is 71.0 Å². The lowest BCUT2D eigenvalue weighted by Crippen LogP contribution is -2.40. The molecule has 0 radical (unpaired) electrons. The van der Waals surface area contributed by atoms with Crippen LogP contribution in [0, 0.1) is 0 Å². The van der Waals surface area contributed by atoms with Crippen molar-refractivity contribution in [1.82, 2.24) is 15.5 Å². The van der Waals surface area contributed by atoms with Gasteiger partial charge >= 0.3 is 18.2 Å². The first kappa shape index (κ1) is 34.2. The molecule has 0 aliphatic heterocycles. The summed E-state index contributed by atoms with van der Waals surface area (Å²) in [4.78, 5) is 49.9. The minimum atomic E-state index is -1.35. The zero-order valence-electron chi connectivity index (χ0n) is 25.0. The number of hydrogen-bond donors (Lipinski definition) is 2. The third kappa shape index (κ3) is 12.7. The van der Waals surface area contributed by atoms with Crippen LogP contribution in [0.15, 0.2) is 48.5 Å². The summed E-state index contributed by atoms with van der Waals surface area (Å²) in [6.07, 6.45) is -0.136. The van der Waals surface area contributed by atoms with Gasteiger partial charge in [-0.3, -0.25) is 4.79 Å². The molecule has 0 unspecified atom stereocenters. The van der Waals surface area contributed by atoms with Gasteiger partial charge in [-0.1, -0.05) is 23.7 Å².